The number of rotatable bonds is 5. The van der Waals surface area contributed by atoms with E-state index in [0.29, 0.717) is 22.6 Å². The fraction of sp³-hybridized carbons (Fsp3) is 0.455. The first-order valence-electron chi connectivity index (χ1n) is 4.86. The van der Waals surface area contributed by atoms with Crippen LogP contribution in [0.15, 0.2) is 23.1 Å². The minimum Gasteiger partial charge on any atom is -0.396 e. The molecule has 0 bridgehead atoms. The van der Waals surface area contributed by atoms with E-state index in [9.17, 15) is 9.50 Å². The van der Waals surface area contributed by atoms with Gasteiger partial charge < -0.3 is 10.2 Å². The zero-order chi connectivity index (χ0) is 11.3. The van der Waals surface area contributed by atoms with Gasteiger partial charge in [0.2, 0.25) is 0 Å². The van der Waals surface area contributed by atoms with Gasteiger partial charge in [0.1, 0.15) is 5.82 Å². The topological polar surface area (TPSA) is 40.5 Å². The van der Waals surface area contributed by atoms with Crippen LogP contribution in [-0.4, -0.2) is 22.6 Å². The van der Waals surface area contributed by atoms with Crippen molar-refractivity contribution in [1.29, 1.82) is 0 Å². The van der Waals surface area contributed by atoms with Gasteiger partial charge in [-0.1, -0.05) is 6.07 Å². The number of thioether (sulfide) groups is 1. The van der Waals surface area contributed by atoms with Crippen LogP contribution in [0.5, 0.6) is 0 Å². The van der Waals surface area contributed by atoms with Gasteiger partial charge in [0.15, 0.2) is 0 Å². The summed E-state index contributed by atoms with van der Waals surface area (Å²) in [4.78, 5) is 0.563. The van der Waals surface area contributed by atoms with Crippen molar-refractivity contribution >= 4 is 11.8 Å². The molecule has 0 radical (unpaired) electrons. The third kappa shape index (κ3) is 3.81. The molecule has 0 aliphatic carbocycles. The van der Waals surface area contributed by atoms with E-state index in [1.165, 1.54) is 17.8 Å². The van der Waals surface area contributed by atoms with Crippen molar-refractivity contribution in [3.05, 3.63) is 29.6 Å². The van der Waals surface area contributed by atoms with Crippen LogP contribution in [-0.2, 0) is 0 Å². The Kier molecular flexibility index (Phi) is 5.08. The largest absolute Gasteiger partial charge is 0.396 e. The smallest absolute Gasteiger partial charge is 0.137 e. The first kappa shape index (κ1) is 12.5. The molecule has 1 aromatic carbocycles. The maximum atomic E-state index is 13.4. The van der Waals surface area contributed by atoms with Gasteiger partial charge >= 0.3 is 0 Å². The lowest BCUT2D eigenvalue weighted by molar-refractivity contribution is 0.198. The van der Waals surface area contributed by atoms with Crippen LogP contribution < -0.4 is 0 Å². The van der Waals surface area contributed by atoms with Crippen molar-refractivity contribution in [3.8, 4) is 0 Å². The molecule has 1 rings (SSSR count). The molecule has 0 saturated heterocycles. The van der Waals surface area contributed by atoms with E-state index in [1.807, 2.05) is 0 Å². The van der Waals surface area contributed by atoms with Gasteiger partial charge in [-0.3, -0.25) is 0 Å². The lowest BCUT2D eigenvalue weighted by Gasteiger charge is -2.07. The van der Waals surface area contributed by atoms with E-state index in [4.69, 9.17) is 5.11 Å². The predicted molar refractivity (Wildman–Crippen MR) is 59.5 cm³/mol. The van der Waals surface area contributed by atoms with Crippen molar-refractivity contribution in [3.63, 3.8) is 0 Å². The Labute approximate surface area is 93.1 Å². The molecular formula is C11H15FO2S. The second kappa shape index (κ2) is 6.10. The molecule has 2 nitrogen and oxygen atoms in total. The van der Waals surface area contributed by atoms with Crippen LogP contribution in [0.3, 0.4) is 0 Å². The third-order valence-corrected chi connectivity index (χ3v) is 3.13. The van der Waals surface area contributed by atoms with Gasteiger partial charge in [-0.15, -0.1) is 11.8 Å². The molecule has 0 spiro atoms. The lowest BCUT2D eigenvalue weighted by Crippen LogP contribution is -1.94. The molecule has 4 heteroatoms. The maximum absolute atomic E-state index is 13.4. The average molecular weight is 230 g/mol. The molecule has 0 amide bonds. The van der Waals surface area contributed by atoms with Crippen LogP contribution in [0.25, 0.3) is 0 Å². The lowest BCUT2D eigenvalue weighted by atomic mass is 10.1. The number of aliphatic hydroxyl groups excluding tert-OH is 2. The van der Waals surface area contributed by atoms with Crippen LogP contribution in [0.2, 0.25) is 0 Å². The molecular weight excluding hydrogens is 215 g/mol. The molecule has 1 aromatic rings. The van der Waals surface area contributed by atoms with E-state index >= 15 is 0 Å². The zero-order valence-electron chi connectivity index (χ0n) is 8.61. The summed E-state index contributed by atoms with van der Waals surface area (Å²) in [6.45, 7) is 1.73. The monoisotopic (exact) mass is 230 g/mol. The van der Waals surface area contributed by atoms with E-state index in [-0.39, 0.29) is 12.4 Å². The van der Waals surface area contributed by atoms with Gasteiger partial charge in [-0.05, 0) is 31.0 Å². The maximum Gasteiger partial charge on any atom is 0.137 e. The zero-order valence-corrected chi connectivity index (χ0v) is 9.43. The number of aliphatic hydroxyl groups is 2. The van der Waals surface area contributed by atoms with Crippen LogP contribution >= 0.6 is 11.8 Å². The summed E-state index contributed by atoms with van der Waals surface area (Å²) in [5, 5.41) is 17.8. The van der Waals surface area contributed by atoms with Crippen molar-refractivity contribution < 1.29 is 14.6 Å². The van der Waals surface area contributed by atoms with Crippen molar-refractivity contribution in [1.82, 2.24) is 0 Å². The fourth-order valence-electron chi connectivity index (χ4n) is 1.14. The average Bonchev–Trinajstić information content (AvgIpc) is 2.20. The van der Waals surface area contributed by atoms with Gasteiger partial charge in [-0.2, -0.15) is 0 Å². The van der Waals surface area contributed by atoms with Crippen LogP contribution in [0, 0.1) is 5.82 Å². The fourth-order valence-corrected chi connectivity index (χ4v) is 2.00. The Hall–Kier alpha value is -0.580. The van der Waals surface area contributed by atoms with Crippen molar-refractivity contribution in [2.24, 2.45) is 0 Å². The van der Waals surface area contributed by atoms with E-state index in [1.54, 1.807) is 19.1 Å². The Morgan fingerprint density at radius 2 is 2.20 bits per heavy atom. The molecule has 1 unspecified atom stereocenters. The Morgan fingerprint density at radius 1 is 1.47 bits per heavy atom. The molecule has 0 aliphatic heterocycles. The molecule has 84 valence electrons. The molecule has 0 aliphatic rings. The quantitative estimate of drug-likeness (QED) is 0.602. The summed E-state index contributed by atoms with van der Waals surface area (Å²) in [6, 6.07) is 4.74. The molecule has 15 heavy (non-hydrogen) atoms. The highest BCUT2D eigenvalue weighted by molar-refractivity contribution is 7.99. The summed E-state index contributed by atoms with van der Waals surface area (Å²) in [6.07, 6.45) is 0.0124. The van der Waals surface area contributed by atoms with Gasteiger partial charge in [0.05, 0.1) is 6.10 Å². The second-order valence-corrected chi connectivity index (χ2v) is 4.43. The van der Waals surface area contributed by atoms with E-state index < -0.39 is 6.10 Å². The minimum atomic E-state index is -0.643. The molecule has 0 fully saturated rings. The number of hydrogen-bond acceptors (Lipinski definition) is 3. The third-order valence-electron chi connectivity index (χ3n) is 2.00. The predicted octanol–water partition coefficient (Wildman–Crippen LogP) is 2.35. The molecule has 2 N–H and O–H groups in total. The highest BCUT2D eigenvalue weighted by Gasteiger charge is 2.06. The number of halogens is 1. The second-order valence-electron chi connectivity index (χ2n) is 3.29. The standard InChI is InChI=1S/C11H15FO2S/c1-8(14)9-3-4-11(10(12)7-9)15-6-2-5-13/h3-4,7-8,13-14H,2,5-6H2,1H3. The number of benzene rings is 1. The summed E-state index contributed by atoms with van der Waals surface area (Å²) in [5.74, 6) is 0.387. The van der Waals surface area contributed by atoms with Crippen molar-refractivity contribution in [2.75, 3.05) is 12.4 Å². The normalized spacial score (nSPS) is 12.8. The highest BCUT2D eigenvalue weighted by atomic mass is 32.2. The summed E-state index contributed by atoms with van der Waals surface area (Å²) in [5.41, 5.74) is 0.582. The molecule has 0 saturated carbocycles. The molecule has 1 atom stereocenters. The SMILES string of the molecule is CC(O)c1ccc(SCCCO)c(F)c1. The minimum absolute atomic E-state index is 0.125. The first-order valence-corrected chi connectivity index (χ1v) is 5.85. The first-order chi connectivity index (χ1) is 7.15. The Balaban J connectivity index is 2.66. The Morgan fingerprint density at radius 3 is 2.73 bits per heavy atom. The van der Waals surface area contributed by atoms with Crippen LogP contribution in [0.1, 0.15) is 25.0 Å². The van der Waals surface area contributed by atoms with Crippen LogP contribution in [0.4, 0.5) is 4.39 Å². The Bertz CT molecular complexity index is 315. The summed E-state index contributed by atoms with van der Waals surface area (Å²) in [7, 11) is 0. The summed E-state index contributed by atoms with van der Waals surface area (Å²) < 4.78 is 13.4. The van der Waals surface area contributed by atoms with Gasteiger partial charge in [0.25, 0.3) is 0 Å². The molecule has 0 heterocycles. The van der Waals surface area contributed by atoms with E-state index in [2.05, 4.69) is 0 Å². The number of hydrogen-bond donors (Lipinski definition) is 2. The van der Waals surface area contributed by atoms with E-state index in [0.717, 1.165) is 0 Å². The highest BCUT2D eigenvalue weighted by Crippen LogP contribution is 2.25. The van der Waals surface area contributed by atoms with Crippen molar-refractivity contribution in [2.45, 2.75) is 24.3 Å². The summed E-state index contributed by atoms with van der Waals surface area (Å²) >= 11 is 1.38. The molecule has 0 aromatic heterocycles. The van der Waals surface area contributed by atoms with Gasteiger partial charge in [-0.25, -0.2) is 4.39 Å². The van der Waals surface area contributed by atoms with Gasteiger partial charge in [0, 0.05) is 17.3 Å².